The minimum Gasteiger partial charge on any atom is -0.338 e. The lowest BCUT2D eigenvalue weighted by atomic mass is 9.98. The fraction of sp³-hybridized carbons (Fsp3) is 0.320. The number of urea groups is 2. The first kappa shape index (κ1) is 23.3. The number of aromatic nitrogens is 1. The van der Waals surface area contributed by atoms with E-state index in [0.29, 0.717) is 30.9 Å². The van der Waals surface area contributed by atoms with E-state index in [-0.39, 0.29) is 24.1 Å². The van der Waals surface area contributed by atoms with Crippen molar-refractivity contribution in [3.05, 3.63) is 76.3 Å². The van der Waals surface area contributed by atoms with E-state index in [2.05, 4.69) is 16.0 Å². The zero-order chi connectivity index (χ0) is 24.1. The maximum absolute atomic E-state index is 13.3. The van der Waals surface area contributed by atoms with Crippen LogP contribution in [0.25, 0.3) is 10.9 Å². The Balaban J connectivity index is 1.29. The molecule has 1 aliphatic rings. The van der Waals surface area contributed by atoms with Crippen LogP contribution in [0.4, 0.5) is 19.7 Å². The molecule has 2 heterocycles. The number of amides is 4. The smallest absolute Gasteiger partial charge is 0.319 e. The van der Waals surface area contributed by atoms with Crippen LogP contribution in [0, 0.1) is 11.7 Å². The van der Waals surface area contributed by atoms with Gasteiger partial charge in [0, 0.05) is 44.5 Å². The number of nitrogens with zero attached hydrogens (tertiary/aromatic N) is 2. The number of carbonyl (C=O) groups is 2. The molecule has 0 spiro atoms. The summed E-state index contributed by atoms with van der Waals surface area (Å²) < 4.78 is 14.9. The molecule has 0 radical (unpaired) electrons. The molecule has 0 bridgehead atoms. The molecule has 3 aromatic rings. The summed E-state index contributed by atoms with van der Waals surface area (Å²) in [5.41, 5.74) is 1.61. The molecule has 1 fully saturated rings. The Bertz CT molecular complexity index is 1260. The summed E-state index contributed by atoms with van der Waals surface area (Å²) in [4.78, 5) is 39.3. The number of hydrogen-bond acceptors (Lipinski definition) is 3. The van der Waals surface area contributed by atoms with Gasteiger partial charge in [-0.1, -0.05) is 24.3 Å². The molecule has 8 nitrogen and oxygen atoms in total. The molecule has 1 saturated heterocycles. The fourth-order valence-electron chi connectivity index (χ4n) is 4.29. The third-order valence-electron chi connectivity index (χ3n) is 6.08. The van der Waals surface area contributed by atoms with Gasteiger partial charge in [-0.3, -0.25) is 4.79 Å². The number of likely N-dealkylation sites (tertiary alicyclic amines) is 1. The zero-order valence-electron chi connectivity index (χ0n) is 19.0. The van der Waals surface area contributed by atoms with E-state index in [0.717, 1.165) is 23.7 Å². The Labute approximate surface area is 196 Å². The largest absolute Gasteiger partial charge is 0.338 e. The van der Waals surface area contributed by atoms with Crippen LogP contribution < -0.4 is 21.5 Å². The lowest BCUT2D eigenvalue weighted by Gasteiger charge is -2.32. The van der Waals surface area contributed by atoms with E-state index in [1.165, 1.54) is 18.2 Å². The summed E-state index contributed by atoms with van der Waals surface area (Å²) in [6.45, 7) is 1.66. The summed E-state index contributed by atoms with van der Waals surface area (Å²) in [6.07, 6.45) is 1.71. The normalized spacial score (nSPS) is 15.7. The number of fused-ring (bicyclic) bond motifs is 1. The van der Waals surface area contributed by atoms with Crippen LogP contribution in [0.2, 0.25) is 0 Å². The molecule has 34 heavy (non-hydrogen) atoms. The van der Waals surface area contributed by atoms with Crippen molar-refractivity contribution < 1.29 is 14.0 Å². The van der Waals surface area contributed by atoms with Crippen molar-refractivity contribution >= 4 is 28.7 Å². The van der Waals surface area contributed by atoms with Gasteiger partial charge < -0.3 is 25.4 Å². The number of aryl methyl sites for hydroxylation is 1. The predicted molar refractivity (Wildman–Crippen MR) is 129 cm³/mol. The first-order valence-electron chi connectivity index (χ1n) is 11.3. The third kappa shape index (κ3) is 5.54. The number of halogens is 1. The van der Waals surface area contributed by atoms with Crippen molar-refractivity contribution in [2.45, 2.75) is 19.4 Å². The maximum Gasteiger partial charge on any atom is 0.319 e. The molecule has 1 unspecified atom stereocenters. The van der Waals surface area contributed by atoms with Gasteiger partial charge in [0.05, 0.1) is 5.52 Å². The predicted octanol–water partition coefficient (Wildman–Crippen LogP) is 3.42. The highest BCUT2D eigenvalue weighted by molar-refractivity contribution is 5.89. The Morgan fingerprint density at radius 3 is 2.74 bits per heavy atom. The van der Waals surface area contributed by atoms with Gasteiger partial charge in [-0.15, -0.1) is 0 Å². The van der Waals surface area contributed by atoms with Gasteiger partial charge in [0.15, 0.2) is 0 Å². The van der Waals surface area contributed by atoms with Gasteiger partial charge >= 0.3 is 12.1 Å². The van der Waals surface area contributed by atoms with Gasteiger partial charge in [0.2, 0.25) is 0 Å². The topological polar surface area (TPSA) is 95.5 Å². The number of rotatable bonds is 5. The SMILES string of the molecule is Cn1c(=O)c(CNC(=O)N2CCCC(CNC(=O)Nc3cccc(F)c3)C2)cc2ccccc21. The molecule has 4 amide bonds. The molecule has 1 aromatic heterocycles. The van der Waals surface area contributed by atoms with E-state index in [9.17, 15) is 18.8 Å². The summed E-state index contributed by atoms with van der Waals surface area (Å²) >= 11 is 0. The van der Waals surface area contributed by atoms with Crippen LogP contribution in [-0.4, -0.2) is 41.2 Å². The lowest BCUT2D eigenvalue weighted by molar-refractivity contribution is 0.164. The van der Waals surface area contributed by atoms with E-state index in [4.69, 9.17) is 0 Å². The van der Waals surface area contributed by atoms with E-state index < -0.39 is 11.8 Å². The minimum absolute atomic E-state index is 0.103. The number of anilines is 1. The first-order valence-corrected chi connectivity index (χ1v) is 11.3. The third-order valence-corrected chi connectivity index (χ3v) is 6.08. The molecule has 1 atom stereocenters. The summed E-state index contributed by atoms with van der Waals surface area (Å²) in [5, 5.41) is 9.20. The Kier molecular flexibility index (Phi) is 7.10. The number of pyridine rings is 1. The summed E-state index contributed by atoms with van der Waals surface area (Å²) in [5.74, 6) is -0.320. The van der Waals surface area contributed by atoms with Gasteiger partial charge in [0.25, 0.3) is 5.56 Å². The Hall–Kier alpha value is -3.88. The number of para-hydroxylation sites is 1. The summed E-state index contributed by atoms with van der Waals surface area (Å²) in [6, 6.07) is 14.5. The van der Waals surface area contributed by atoms with Gasteiger partial charge in [-0.2, -0.15) is 0 Å². The Morgan fingerprint density at radius 1 is 1.09 bits per heavy atom. The number of carbonyl (C=O) groups excluding carboxylic acids is 2. The molecule has 2 aromatic carbocycles. The second-order valence-corrected chi connectivity index (χ2v) is 8.55. The van der Waals surface area contributed by atoms with Gasteiger partial charge in [0.1, 0.15) is 5.82 Å². The first-order chi connectivity index (χ1) is 16.4. The second-order valence-electron chi connectivity index (χ2n) is 8.55. The molecule has 3 N–H and O–H groups in total. The van der Waals surface area contributed by atoms with Crippen molar-refractivity contribution in [1.29, 1.82) is 0 Å². The van der Waals surface area contributed by atoms with Crippen molar-refractivity contribution in [2.75, 3.05) is 25.0 Å². The van der Waals surface area contributed by atoms with Crippen molar-refractivity contribution in [3.63, 3.8) is 0 Å². The van der Waals surface area contributed by atoms with E-state index >= 15 is 0 Å². The molecule has 1 aliphatic heterocycles. The molecule has 0 aliphatic carbocycles. The minimum atomic E-state index is -0.423. The van der Waals surface area contributed by atoms with Gasteiger partial charge in [-0.05, 0) is 54.5 Å². The highest BCUT2D eigenvalue weighted by Crippen LogP contribution is 2.17. The van der Waals surface area contributed by atoms with E-state index in [1.807, 2.05) is 30.3 Å². The van der Waals surface area contributed by atoms with Crippen LogP contribution in [0.15, 0.2) is 59.4 Å². The van der Waals surface area contributed by atoms with Crippen LogP contribution in [0.3, 0.4) is 0 Å². The molecule has 0 saturated carbocycles. The average molecular weight is 466 g/mol. The maximum atomic E-state index is 13.3. The summed E-state index contributed by atoms with van der Waals surface area (Å²) in [7, 11) is 1.72. The standard InChI is InChI=1S/C25H28FN5O3/c1-30-22-10-3-2-7-18(22)12-19(23(30)32)15-28-25(34)31-11-5-6-17(16-31)14-27-24(33)29-21-9-4-8-20(26)13-21/h2-4,7-10,12-13,17H,5-6,11,14-16H2,1H3,(H,28,34)(H2,27,29,33). The van der Waals surface area contributed by atoms with Crippen LogP contribution in [0.1, 0.15) is 18.4 Å². The molecule has 9 heteroatoms. The molecule has 178 valence electrons. The highest BCUT2D eigenvalue weighted by atomic mass is 19.1. The van der Waals surface area contributed by atoms with Crippen molar-refractivity contribution in [3.8, 4) is 0 Å². The van der Waals surface area contributed by atoms with Crippen LogP contribution in [-0.2, 0) is 13.6 Å². The average Bonchev–Trinajstić information content (AvgIpc) is 2.84. The number of piperidine rings is 1. The van der Waals surface area contributed by atoms with E-state index in [1.54, 1.807) is 22.6 Å². The number of nitrogens with one attached hydrogen (secondary N) is 3. The Morgan fingerprint density at radius 2 is 1.91 bits per heavy atom. The number of benzene rings is 2. The van der Waals surface area contributed by atoms with Crippen LogP contribution in [0.5, 0.6) is 0 Å². The molecule has 4 rings (SSSR count). The van der Waals surface area contributed by atoms with Crippen molar-refractivity contribution in [1.82, 2.24) is 20.1 Å². The molecular weight excluding hydrogens is 437 g/mol. The van der Waals surface area contributed by atoms with Crippen LogP contribution >= 0.6 is 0 Å². The van der Waals surface area contributed by atoms with Crippen molar-refractivity contribution in [2.24, 2.45) is 13.0 Å². The number of hydrogen-bond donors (Lipinski definition) is 3. The second kappa shape index (κ2) is 10.4. The monoisotopic (exact) mass is 465 g/mol. The molecular formula is C25H28FN5O3. The zero-order valence-corrected chi connectivity index (χ0v) is 19.0. The van der Waals surface area contributed by atoms with Gasteiger partial charge in [-0.25, -0.2) is 14.0 Å². The lowest BCUT2D eigenvalue weighted by Crippen LogP contribution is -2.48. The quantitative estimate of drug-likeness (QED) is 0.539. The fourth-order valence-corrected chi connectivity index (χ4v) is 4.29. The highest BCUT2D eigenvalue weighted by Gasteiger charge is 2.24.